The molecule has 7 nitrogen and oxygen atoms in total. The smallest absolute Gasteiger partial charge is 0.330 e. The Morgan fingerprint density at radius 1 is 1.24 bits per heavy atom. The zero-order valence-electron chi connectivity index (χ0n) is 20.1. The number of carbonyl (C=O) groups is 2. The maximum absolute atomic E-state index is 14.5. The van der Waals surface area contributed by atoms with Gasteiger partial charge in [0.1, 0.15) is 27.8 Å². The summed E-state index contributed by atoms with van der Waals surface area (Å²) in [5, 5.41) is 6.92. The number of thioether (sulfide) groups is 1. The number of benzene rings is 2. The maximum atomic E-state index is 14.5. The molecule has 0 bridgehead atoms. The van der Waals surface area contributed by atoms with Crippen LogP contribution in [0.5, 0.6) is 0 Å². The Kier molecular flexibility index (Phi) is 12.4. The number of urea groups is 1. The fraction of sp³-hybridized carbons (Fsp3) is 0.375. The van der Waals surface area contributed by atoms with E-state index in [2.05, 4.69) is 5.10 Å². The molecule has 1 aliphatic rings. The van der Waals surface area contributed by atoms with Crippen LogP contribution < -0.4 is 5.73 Å². The molecule has 2 aromatic rings. The molecule has 0 aromatic heterocycles. The second-order valence-electron chi connectivity index (χ2n) is 6.68. The van der Waals surface area contributed by atoms with Gasteiger partial charge in [0.25, 0.3) is 0 Å². The lowest BCUT2D eigenvalue weighted by Gasteiger charge is -2.37. The minimum Gasteiger partial charge on any atom is -0.330 e. The van der Waals surface area contributed by atoms with E-state index < -0.39 is 22.5 Å². The third-order valence-corrected chi connectivity index (χ3v) is 6.07. The predicted octanol–water partition coefficient (Wildman–Crippen LogP) is 5.11. The number of halogens is 2. The summed E-state index contributed by atoms with van der Waals surface area (Å²) in [6, 6.07) is 11.9. The molecule has 1 unspecified atom stereocenters. The molecule has 0 aliphatic carbocycles. The fourth-order valence-electron chi connectivity index (χ4n) is 3.10. The van der Waals surface area contributed by atoms with Gasteiger partial charge in [0.05, 0.1) is 7.11 Å². The van der Waals surface area contributed by atoms with Gasteiger partial charge in [-0.1, -0.05) is 55.9 Å². The Balaban J connectivity index is 0.00000107. The van der Waals surface area contributed by atoms with Crippen LogP contribution in [0.2, 0.25) is 0 Å². The molecule has 0 saturated heterocycles. The number of rotatable bonds is 6. The van der Waals surface area contributed by atoms with E-state index in [1.54, 1.807) is 0 Å². The van der Waals surface area contributed by atoms with E-state index in [0.29, 0.717) is 19.4 Å². The van der Waals surface area contributed by atoms with Gasteiger partial charge in [0, 0.05) is 12.6 Å². The molecule has 2 aromatic carbocycles. The first kappa shape index (κ1) is 29.2. The summed E-state index contributed by atoms with van der Waals surface area (Å²) >= 11 is 1.20. The van der Waals surface area contributed by atoms with Crippen LogP contribution in [0.4, 0.5) is 13.6 Å². The second-order valence-corrected chi connectivity index (χ2v) is 7.95. The average Bonchev–Trinajstić information content (AvgIpc) is 3.26. The Hall–Kier alpha value is -2.82. The summed E-state index contributed by atoms with van der Waals surface area (Å²) < 4.78 is 28.3. The van der Waals surface area contributed by atoms with Crippen molar-refractivity contribution in [3.05, 3.63) is 71.3 Å². The number of hydrogen-bond acceptors (Lipinski definition) is 6. The molecule has 0 saturated carbocycles. The normalized spacial score (nSPS) is 16.5. The molecule has 186 valence electrons. The van der Waals surface area contributed by atoms with Gasteiger partial charge in [-0.25, -0.2) is 18.6 Å². The van der Waals surface area contributed by atoms with Gasteiger partial charge in [-0.3, -0.25) is 4.84 Å². The van der Waals surface area contributed by atoms with E-state index in [1.165, 1.54) is 37.9 Å². The van der Waals surface area contributed by atoms with Crippen LogP contribution in [0.25, 0.3) is 0 Å². The van der Waals surface area contributed by atoms with Crippen LogP contribution in [0.3, 0.4) is 0 Å². The van der Waals surface area contributed by atoms with Gasteiger partial charge in [-0.2, -0.15) is 10.1 Å². The highest BCUT2D eigenvalue weighted by atomic mass is 32.2. The molecule has 2 N–H and O–H groups in total. The zero-order chi connectivity index (χ0) is 25.7. The second kappa shape index (κ2) is 14.4. The van der Waals surface area contributed by atoms with Crippen LogP contribution in [-0.4, -0.2) is 48.1 Å². The molecular formula is C24H32F2N4O3S. The molecule has 0 fully saturated rings. The monoisotopic (exact) mass is 494 g/mol. The molecule has 34 heavy (non-hydrogen) atoms. The lowest BCUT2D eigenvalue weighted by molar-refractivity contribution is -0.106. The topological polar surface area (TPSA) is 88.2 Å². The summed E-state index contributed by atoms with van der Waals surface area (Å²) in [6.45, 7) is 5.85. The van der Waals surface area contributed by atoms with Crippen LogP contribution in [0.15, 0.2) is 53.6 Å². The van der Waals surface area contributed by atoms with Gasteiger partial charge in [0.15, 0.2) is 0 Å². The van der Waals surface area contributed by atoms with Crippen LogP contribution in [0.1, 0.15) is 44.7 Å². The third-order valence-electron chi connectivity index (χ3n) is 4.63. The first-order valence-electron chi connectivity index (χ1n) is 10.8. The predicted molar refractivity (Wildman–Crippen MR) is 132 cm³/mol. The number of aldehydes is 1. The standard InChI is InChI=1S/C20H22F2N4O2S.C2H4O.C2H6/c1-25(28-2)19(27)26-20(11-6-12-23,14-7-4-3-5-8-14)29-18(24-26)16-13-15(21)9-10-17(16)22;1-2-3;1-2/h3-5,7-10,13H,6,11-12,23H2,1-2H3;2H,1H3;1-2H3. The minimum atomic E-state index is -0.974. The minimum absolute atomic E-state index is 0.00146. The number of nitrogens with zero attached hydrogens (tertiary/aromatic N) is 3. The van der Waals surface area contributed by atoms with E-state index in [4.69, 9.17) is 15.4 Å². The van der Waals surface area contributed by atoms with Gasteiger partial charge in [0.2, 0.25) is 0 Å². The summed E-state index contributed by atoms with van der Waals surface area (Å²) in [5.74, 6) is -1.21. The number of amides is 2. The first-order chi connectivity index (χ1) is 16.3. The third kappa shape index (κ3) is 6.85. The SMILES string of the molecule is CC.CC=O.CON(C)C(=O)N1N=C(c2cc(F)ccc2F)SC1(CCCN)c1ccccc1. The van der Waals surface area contributed by atoms with E-state index in [1.807, 2.05) is 44.2 Å². The van der Waals surface area contributed by atoms with Crippen molar-refractivity contribution in [1.82, 2.24) is 10.1 Å². The highest BCUT2D eigenvalue weighted by Gasteiger charge is 2.49. The van der Waals surface area contributed by atoms with Gasteiger partial charge in [-0.15, -0.1) is 0 Å². The number of hydroxylamine groups is 2. The van der Waals surface area contributed by atoms with Crippen molar-refractivity contribution in [2.75, 3.05) is 20.7 Å². The highest BCUT2D eigenvalue weighted by molar-refractivity contribution is 8.15. The Morgan fingerprint density at radius 2 is 1.85 bits per heavy atom. The quantitative estimate of drug-likeness (QED) is 0.445. The van der Waals surface area contributed by atoms with Crippen molar-refractivity contribution in [1.29, 1.82) is 0 Å². The number of hydrazone groups is 1. The Bertz CT molecular complexity index is 962. The van der Waals surface area contributed by atoms with Crippen molar-refractivity contribution in [3.8, 4) is 0 Å². The zero-order valence-corrected chi connectivity index (χ0v) is 20.9. The van der Waals surface area contributed by atoms with Crippen molar-refractivity contribution < 1.29 is 23.2 Å². The Labute approximate surface area is 203 Å². The van der Waals surface area contributed by atoms with Crippen molar-refractivity contribution in [2.24, 2.45) is 10.8 Å². The molecule has 10 heteroatoms. The summed E-state index contributed by atoms with van der Waals surface area (Å²) in [6.07, 6.45) is 1.81. The largest absolute Gasteiger partial charge is 0.365 e. The fourth-order valence-corrected chi connectivity index (χ4v) is 4.51. The molecular weight excluding hydrogens is 462 g/mol. The lowest BCUT2D eigenvalue weighted by Crippen LogP contribution is -2.47. The van der Waals surface area contributed by atoms with Crippen LogP contribution in [-0.2, 0) is 14.5 Å². The number of nitrogens with two attached hydrogens (primary N) is 1. The Morgan fingerprint density at radius 3 is 2.41 bits per heavy atom. The summed E-state index contributed by atoms with van der Waals surface area (Å²) in [7, 11) is 2.82. The van der Waals surface area contributed by atoms with Crippen LogP contribution in [0, 0.1) is 11.6 Å². The summed E-state index contributed by atoms with van der Waals surface area (Å²) in [4.78, 5) is 25.9. The van der Waals surface area contributed by atoms with E-state index >= 15 is 0 Å². The van der Waals surface area contributed by atoms with Crippen LogP contribution >= 0.6 is 11.8 Å². The molecule has 1 heterocycles. The molecule has 2 amide bonds. The number of carbonyl (C=O) groups excluding carboxylic acids is 2. The van der Waals surface area contributed by atoms with Crippen molar-refractivity contribution in [2.45, 2.75) is 38.5 Å². The summed E-state index contributed by atoms with van der Waals surface area (Å²) in [5.41, 5.74) is 6.54. The molecule has 1 atom stereocenters. The number of hydrogen-bond donors (Lipinski definition) is 1. The average molecular weight is 495 g/mol. The van der Waals surface area contributed by atoms with Crippen molar-refractivity contribution in [3.63, 3.8) is 0 Å². The molecule has 1 aliphatic heterocycles. The molecule has 0 radical (unpaired) electrons. The highest BCUT2D eigenvalue weighted by Crippen LogP contribution is 2.50. The van der Waals surface area contributed by atoms with E-state index in [9.17, 15) is 13.6 Å². The molecule has 0 spiro atoms. The molecule has 3 rings (SSSR count). The van der Waals surface area contributed by atoms with E-state index in [-0.39, 0.29) is 10.6 Å². The van der Waals surface area contributed by atoms with E-state index in [0.717, 1.165) is 35.1 Å². The first-order valence-corrected chi connectivity index (χ1v) is 11.7. The van der Waals surface area contributed by atoms with Gasteiger partial charge in [-0.05, 0) is 50.1 Å². The maximum Gasteiger partial charge on any atom is 0.365 e. The van der Waals surface area contributed by atoms with Crippen molar-refractivity contribution >= 4 is 29.1 Å². The lowest BCUT2D eigenvalue weighted by atomic mass is 10.0. The van der Waals surface area contributed by atoms with Gasteiger partial charge >= 0.3 is 6.03 Å². The van der Waals surface area contributed by atoms with Gasteiger partial charge < -0.3 is 10.5 Å².